The van der Waals surface area contributed by atoms with Gasteiger partial charge in [-0.15, -0.1) is 24.0 Å². The third-order valence-corrected chi connectivity index (χ3v) is 6.10. The normalized spacial score (nSPS) is 19.7. The molecule has 0 spiro atoms. The molecule has 2 N–H and O–H groups in total. The van der Waals surface area contributed by atoms with E-state index in [9.17, 15) is 0 Å². The van der Waals surface area contributed by atoms with Gasteiger partial charge in [-0.1, -0.05) is 24.3 Å². The van der Waals surface area contributed by atoms with Crippen LogP contribution >= 0.6 is 24.0 Å². The van der Waals surface area contributed by atoms with Crippen molar-refractivity contribution in [2.45, 2.75) is 38.5 Å². The smallest absolute Gasteiger partial charge is 0.191 e. The highest BCUT2D eigenvalue weighted by Gasteiger charge is 2.35. The van der Waals surface area contributed by atoms with Crippen LogP contribution in [0.3, 0.4) is 0 Å². The number of nitrogens with zero attached hydrogens (tertiary/aromatic N) is 2. The molecule has 0 unspecified atom stereocenters. The summed E-state index contributed by atoms with van der Waals surface area (Å²) in [6.07, 6.45) is 3.16. The number of morpholine rings is 1. The Morgan fingerprint density at radius 3 is 2.47 bits per heavy atom. The number of aryl methyl sites for hydroxylation is 1. The molecule has 2 aliphatic rings. The molecule has 30 heavy (non-hydrogen) atoms. The van der Waals surface area contributed by atoms with Crippen LogP contribution in [-0.2, 0) is 14.9 Å². The molecular weight excluding hydrogens is 491 g/mol. The second-order valence-corrected chi connectivity index (χ2v) is 8.14. The SMILES string of the molecule is CCNC(=NCC1(c2ccccc2C)CCOCC1)NCCCN1CCOCC1.I. The Morgan fingerprint density at radius 2 is 1.77 bits per heavy atom. The maximum absolute atomic E-state index is 5.68. The topological polar surface area (TPSA) is 58.1 Å². The molecular formula is C23H39IN4O2. The number of halogens is 1. The molecule has 0 amide bonds. The van der Waals surface area contributed by atoms with Crippen molar-refractivity contribution in [3.63, 3.8) is 0 Å². The Balaban J connectivity index is 0.00000320. The number of guanidine groups is 1. The summed E-state index contributed by atoms with van der Waals surface area (Å²) in [6.45, 7) is 13.5. The van der Waals surface area contributed by atoms with E-state index in [1.54, 1.807) is 0 Å². The molecule has 1 aromatic carbocycles. The van der Waals surface area contributed by atoms with Gasteiger partial charge in [0.1, 0.15) is 0 Å². The van der Waals surface area contributed by atoms with Gasteiger partial charge in [-0.3, -0.25) is 9.89 Å². The van der Waals surface area contributed by atoms with E-state index >= 15 is 0 Å². The molecule has 0 radical (unpaired) electrons. The number of benzene rings is 1. The summed E-state index contributed by atoms with van der Waals surface area (Å²) in [5, 5.41) is 6.95. The lowest BCUT2D eigenvalue weighted by atomic mass is 9.72. The molecule has 3 rings (SSSR count). The molecule has 0 atom stereocenters. The molecule has 0 bridgehead atoms. The van der Waals surface area contributed by atoms with Crippen LogP contribution in [0.15, 0.2) is 29.3 Å². The van der Waals surface area contributed by atoms with Crippen molar-refractivity contribution in [3.8, 4) is 0 Å². The largest absolute Gasteiger partial charge is 0.381 e. The summed E-state index contributed by atoms with van der Waals surface area (Å²) in [5.74, 6) is 0.925. The Hall–Kier alpha value is -0.900. The molecule has 0 aromatic heterocycles. The van der Waals surface area contributed by atoms with Gasteiger partial charge in [0.2, 0.25) is 0 Å². The number of aliphatic imine (C=N–C) groups is 1. The predicted octanol–water partition coefficient (Wildman–Crippen LogP) is 2.94. The summed E-state index contributed by atoms with van der Waals surface area (Å²) in [7, 11) is 0. The molecule has 6 nitrogen and oxygen atoms in total. The minimum absolute atomic E-state index is 0. The van der Waals surface area contributed by atoms with Gasteiger partial charge in [-0.2, -0.15) is 0 Å². The maximum Gasteiger partial charge on any atom is 0.191 e. The number of nitrogens with one attached hydrogen (secondary N) is 2. The Morgan fingerprint density at radius 1 is 1.07 bits per heavy atom. The monoisotopic (exact) mass is 530 g/mol. The first-order valence-electron chi connectivity index (χ1n) is 11.2. The van der Waals surface area contributed by atoms with Gasteiger partial charge >= 0.3 is 0 Å². The Bertz CT molecular complexity index is 644. The minimum Gasteiger partial charge on any atom is -0.381 e. The number of hydrogen-bond donors (Lipinski definition) is 2. The Kier molecular flexibility index (Phi) is 11.4. The fourth-order valence-electron chi connectivity index (χ4n) is 4.35. The van der Waals surface area contributed by atoms with Gasteiger partial charge in [-0.25, -0.2) is 0 Å². The molecule has 2 fully saturated rings. The van der Waals surface area contributed by atoms with Crippen molar-refractivity contribution >= 4 is 29.9 Å². The molecule has 2 heterocycles. The second kappa shape index (κ2) is 13.5. The van der Waals surface area contributed by atoms with Crippen molar-refractivity contribution in [2.24, 2.45) is 4.99 Å². The van der Waals surface area contributed by atoms with Crippen molar-refractivity contribution in [1.82, 2.24) is 15.5 Å². The molecule has 0 aliphatic carbocycles. The summed E-state index contributed by atoms with van der Waals surface area (Å²) in [5.41, 5.74) is 2.85. The lowest BCUT2D eigenvalue weighted by molar-refractivity contribution is 0.0376. The van der Waals surface area contributed by atoms with Gasteiger partial charge < -0.3 is 20.1 Å². The van der Waals surface area contributed by atoms with E-state index in [1.807, 2.05) is 0 Å². The van der Waals surface area contributed by atoms with Crippen LogP contribution in [-0.4, -0.2) is 76.6 Å². The molecule has 0 saturated carbocycles. The summed E-state index contributed by atoms with van der Waals surface area (Å²) in [6, 6.07) is 8.76. The highest BCUT2D eigenvalue weighted by molar-refractivity contribution is 14.0. The van der Waals surface area contributed by atoms with E-state index in [2.05, 4.69) is 53.6 Å². The third kappa shape index (κ3) is 7.35. The first-order valence-corrected chi connectivity index (χ1v) is 11.2. The number of ether oxygens (including phenoxy) is 2. The van der Waals surface area contributed by atoms with E-state index < -0.39 is 0 Å². The highest BCUT2D eigenvalue weighted by Crippen LogP contribution is 2.37. The third-order valence-electron chi connectivity index (χ3n) is 6.10. The van der Waals surface area contributed by atoms with Crippen LogP contribution in [0.4, 0.5) is 0 Å². The zero-order chi connectivity index (χ0) is 20.4. The van der Waals surface area contributed by atoms with Crippen LogP contribution in [0.5, 0.6) is 0 Å². The van der Waals surface area contributed by atoms with E-state index in [-0.39, 0.29) is 29.4 Å². The van der Waals surface area contributed by atoms with E-state index in [0.717, 1.165) is 90.9 Å². The van der Waals surface area contributed by atoms with E-state index in [4.69, 9.17) is 14.5 Å². The van der Waals surface area contributed by atoms with Crippen molar-refractivity contribution in [1.29, 1.82) is 0 Å². The zero-order valence-electron chi connectivity index (χ0n) is 18.6. The first kappa shape index (κ1) is 25.4. The fourth-order valence-corrected chi connectivity index (χ4v) is 4.35. The summed E-state index contributed by atoms with van der Waals surface area (Å²) in [4.78, 5) is 7.49. The lowest BCUT2D eigenvalue weighted by Crippen LogP contribution is -2.42. The van der Waals surface area contributed by atoms with Crippen molar-refractivity contribution in [3.05, 3.63) is 35.4 Å². The van der Waals surface area contributed by atoms with E-state index in [0.29, 0.717) is 0 Å². The second-order valence-electron chi connectivity index (χ2n) is 8.14. The minimum atomic E-state index is 0. The van der Waals surface area contributed by atoms with E-state index in [1.165, 1.54) is 11.1 Å². The molecule has 2 saturated heterocycles. The first-order chi connectivity index (χ1) is 14.2. The van der Waals surface area contributed by atoms with Crippen molar-refractivity contribution in [2.75, 3.05) is 65.7 Å². The maximum atomic E-state index is 5.68. The van der Waals surface area contributed by atoms with Crippen molar-refractivity contribution < 1.29 is 9.47 Å². The lowest BCUT2D eigenvalue weighted by Gasteiger charge is -2.37. The van der Waals surface area contributed by atoms with Crippen LogP contribution in [0.2, 0.25) is 0 Å². The summed E-state index contributed by atoms with van der Waals surface area (Å²) < 4.78 is 11.1. The van der Waals surface area contributed by atoms with Gasteiger partial charge in [0.15, 0.2) is 5.96 Å². The summed E-state index contributed by atoms with van der Waals surface area (Å²) >= 11 is 0. The van der Waals surface area contributed by atoms with Gasteiger partial charge in [0.25, 0.3) is 0 Å². The van der Waals surface area contributed by atoms with Gasteiger partial charge in [0.05, 0.1) is 19.8 Å². The standard InChI is InChI=1S/C23H38N4O2.HI/c1-3-24-22(25-11-6-12-27-13-17-29-18-14-27)26-19-23(9-15-28-16-10-23)21-8-5-4-7-20(21)2;/h4-5,7-8H,3,6,9-19H2,1-2H3,(H2,24,25,26);1H. The molecule has 1 aromatic rings. The highest BCUT2D eigenvalue weighted by atomic mass is 127. The molecule has 7 heteroatoms. The van der Waals surface area contributed by atoms with Crippen LogP contribution in [0.1, 0.15) is 37.3 Å². The number of hydrogen-bond acceptors (Lipinski definition) is 4. The number of rotatable bonds is 8. The van der Waals surface area contributed by atoms with Crippen LogP contribution < -0.4 is 10.6 Å². The van der Waals surface area contributed by atoms with Crippen LogP contribution in [0.25, 0.3) is 0 Å². The fraction of sp³-hybridized carbons (Fsp3) is 0.696. The van der Waals surface area contributed by atoms with Gasteiger partial charge in [-0.05, 0) is 50.8 Å². The zero-order valence-corrected chi connectivity index (χ0v) is 21.0. The quantitative estimate of drug-likeness (QED) is 0.234. The van der Waals surface area contributed by atoms with Gasteiger partial charge in [0, 0.05) is 44.8 Å². The Labute approximate surface area is 199 Å². The van der Waals surface area contributed by atoms with Crippen LogP contribution in [0, 0.1) is 6.92 Å². The predicted molar refractivity (Wildman–Crippen MR) is 134 cm³/mol. The molecule has 2 aliphatic heterocycles. The average molecular weight is 530 g/mol. The molecule has 170 valence electrons. The average Bonchev–Trinajstić information content (AvgIpc) is 2.76.